The topological polar surface area (TPSA) is 72.6 Å². The summed E-state index contributed by atoms with van der Waals surface area (Å²) in [5, 5.41) is 8.89. The zero-order valence-corrected chi connectivity index (χ0v) is 13.0. The molecule has 1 aromatic rings. The van der Waals surface area contributed by atoms with Crippen molar-refractivity contribution in [2.75, 3.05) is 13.2 Å². The average Bonchev–Trinajstić information content (AvgIpc) is 2.33. The van der Waals surface area contributed by atoms with Gasteiger partial charge in [0, 0.05) is 0 Å². The number of aliphatic hydroxyl groups is 1. The maximum Gasteiger partial charge on any atom is 0.252 e. The van der Waals surface area contributed by atoms with Gasteiger partial charge in [0.1, 0.15) is 12.4 Å². The first-order valence-electron chi connectivity index (χ1n) is 6.90. The van der Waals surface area contributed by atoms with Crippen LogP contribution >= 0.6 is 0 Å². The van der Waals surface area contributed by atoms with E-state index in [9.17, 15) is 4.79 Å². The lowest BCUT2D eigenvalue weighted by Crippen LogP contribution is -2.20. The molecule has 0 heterocycles. The Morgan fingerprint density at radius 3 is 2.35 bits per heavy atom. The Labute approximate surface area is 120 Å². The molecule has 1 amide bonds. The molecule has 4 heteroatoms. The van der Waals surface area contributed by atoms with Crippen LogP contribution in [0.15, 0.2) is 12.1 Å². The molecular weight excluding hydrogens is 254 g/mol. The summed E-state index contributed by atoms with van der Waals surface area (Å²) < 4.78 is 5.47. The standard InChI is InChI=1S/C16H25NO3/c1-10(2)11-8-12(15(17)19)14(20-7-6-18)9-13(11)16(3,4)5/h8-10,18H,6-7H2,1-5H3,(H2,17,19). The molecule has 0 aliphatic carbocycles. The quantitative estimate of drug-likeness (QED) is 0.870. The fraction of sp³-hybridized carbons (Fsp3) is 0.562. The van der Waals surface area contributed by atoms with Crippen molar-refractivity contribution in [3.63, 3.8) is 0 Å². The second-order valence-corrected chi connectivity index (χ2v) is 6.28. The summed E-state index contributed by atoms with van der Waals surface area (Å²) in [5.74, 6) is 0.218. The normalized spacial score (nSPS) is 11.8. The third-order valence-corrected chi connectivity index (χ3v) is 3.20. The summed E-state index contributed by atoms with van der Waals surface area (Å²) >= 11 is 0. The van der Waals surface area contributed by atoms with Gasteiger partial charge in [-0.25, -0.2) is 0 Å². The van der Waals surface area contributed by atoms with Gasteiger partial charge >= 0.3 is 0 Å². The van der Waals surface area contributed by atoms with Gasteiger partial charge in [0.2, 0.25) is 0 Å². The average molecular weight is 279 g/mol. The fourth-order valence-corrected chi connectivity index (χ4v) is 2.19. The van der Waals surface area contributed by atoms with Crippen LogP contribution in [0.5, 0.6) is 5.75 Å². The first kappa shape index (κ1) is 16.5. The highest BCUT2D eigenvalue weighted by atomic mass is 16.5. The van der Waals surface area contributed by atoms with Crippen molar-refractivity contribution in [2.24, 2.45) is 5.73 Å². The van der Waals surface area contributed by atoms with Crippen molar-refractivity contribution in [3.8, 4) is 5.75 Å². The van der Waals surface area contributed by atoms with Gasteiger partial charge in [-0.2, -0.15) is 0 Å². The van der Waals surface area contributed by atoms with Crippen LogP contribution in [0.25, 0.3) is 0 Å². The van der Waals surface area contributed by atoms with Crippen LogP contribution in [0.1, 0.15) is 62.0 Å². The molecule has 3 N–H and O–H groups in total. The SMILES string of the molecule is CC(C)c1cc(C(N)=O)c(OCCO)cc1C(C)(C)C. The Morgan fingerprint density at radius 2 is 1.95 bits per heavy atom. The van der Waals surface area contributed by atoms with Crippen LogP contribution < -0.4 is 10.5 Å². The van der Waals surface area contributed by atoms with Crippen LogP contribution in [0.4, 0.5) is 0 Å². The second-order valence-electron chi connectivity index (χ2n) is 6.28. The number of nitrogens with two attached hydrogens (primary N) is 1. The first-order valence-corrected chi connectivity index (χ1v) is 6.90. The molecule has 0 saturated heterocycles. The molecule has 0 aliphatic heterocycles. The van der Waals surface area contributed by atoms with Gasteiger partial charge in [-0.05, 0) is 34.6 Å². The molecule has 0 saturated carbocycles. The van der Waals surface area contributed by atoms with Gasteiger partial charge in [-0.3, -0.25) is 4.79 Å². The smallest absolute Gasteiger partial charge is 0.252 e. The summed E-state index contributed by atoms with van der Waals surface area (Å²) in [7, 11) is 0. The van der Waals surface area contributed by atoms with E-state index < -0.39 is 5.91 Å². The molecule has 0 atom stereocenters. The number of carbonyl (C=O) groups is 1. The van der Waals surface area contributed by atoms with E-state index >= 15 is 0 Å². The van der Waals surface area contributed by atoms with Gasteiger partial charge in [-0.1, -0.05) is 34.6 Å². The third kappa shape index (κ3) is 3.73. The van der Waals surface area contributed by atoms with E-state index in [2.05, 4.69) is 34.6 Å². The summed E-state index contributed by atoms with van der Waals surface area (Å²) in [6, 6.07) is 3.70. The maximum atomic E-state index is 11.6. The zero-order valence-electron chi connectivity index (χ0n) is 13.0. The van der Waals surface area contributed by atoms with Crippen molar-refractivity contribution >= 4 is 5.91 Å². The number of benzene rings is 1. The van der Waals surface area contributed by atoms with Crippen LogP contribution in [0, 0.1) is 0 Å². The minimum atomic E-state index is -0.514. The van der Waals surface area contributed by atoms with E-state index in [1.807, 2.05) is 12.1 Å². The predicted molar refractivity (Wildman–Crippen MR) is 80.3 cm³/mol. The van der Waals surface area contributed by atoms with E-state index in [0.717, 1.165) is 11.1 Å². The van der Waals surface area contributed by atoms with Gasteiger partial charge in [-0.15, -0.1) is 0 Å². The van der Waals surface area contributed by atoms with E-state index in [-0.39, 0.29) is 24.5 Å². The highest BCUT2D eigenvalue weighted by molar-refractivity contribution is 5.96. The van der Waals surface area contributed by atoms with Crippen molar-refractivity contribution in [1.82, 2.24) is 0 Å². The second kappa shape index (κ2) is 6.27. The molecule has 0 aromatic heterocycles. The Balaban J connectivity index is 3.47. The van der Waals surface area contributed by atoms with Gasteiger partial charge in [0.05, 0.1) is 12.2 Å². The van der Waals surface area contributed by atoms with Crippen LogP contribution in [-0.2, 0) is 5.41 Å². The predicted octanol–water partition coefficient (Wildman–Crippen LogP) is 2.58. The minimum Gasteiger partial charge on any atom is -0.490 e. The molecule has 0 unspecified atom stereocenters. The first-order chi connectivity index (χ1) is 9.18. The van der Waals surface area contributed by atoms with Gasteiger partial charge in [0.15, 0.2) is 0 Å². The number of hydrogen-bond acceptors (Lipinski definition) is 3. The third-order valence-electron chi connectivity index (χ3n) is 3.20. The number of amides is 1. The summed E-state index contributed by atoms with van der Waals surface area (Å²) in [5.41, 5.74) is 7.97. The van der Waals surface area contributed by atoms with Crippen molar-refractivity contribution in [3.05, 3.63) is 28.8 Å². The molecule has 0 bridgehead atoms. The van der Waals surface area contributed by atoms with Gasteiger partial charge in [0.25, 0.3) is 5.91 Å². The number of primary amides is 1. The highest BCUT2D eigenvalue weighted by Gasteiger charge is 2.23. The Kier molecular flexibility index (Phi) is 5.17. The number of ether oxygens (including phenoxy) is 1. The van der Waals surface area contributed by atoms with Crippen LogP contribution in [0.3, 0.4) is 0 Å². The molecule has 1 rings (SSSR count). The lowest BCUT2D eigenvalue weighted by atomic mass is 9.79. The summed E-state index contributed by atoms with van der Waals surface area (Å²) in [4.78, 5) is 11.6. The van der Waals surface area contributed by atoms with Crippen LogP contribution in [-0.4, -0.2) is 24.2 Å². The number of rotatable bonds is 5. The Hall–Kier alpha value is -1.55. The fourth-order valence-electron chi connectivity index (χ4n) is 2.19. The van der Waals surface area contributed by atoms with Crippen LogP contribution in [0.2, 0.25) is 0 Å². The zero-order chi connectivity index (χ0) is 15.5. The maximum absolute atomic E-state index is 11.6. The molecule has 20 heavy (non-hydrogen) atoms. The molecule has 0 radical (unpaired) electrons. The van der Waals surface area contributed by atoms with E-state index in [1.165, 1.54) is 0 Å². The molecule has 0 aliphatic rings. The Morgan fingerprint density at radius 1 is 1.35 bits per heavy atom. The van der Waals surface area contributed by atoms with E-state index in [4.69, 9.17) is 15.6 Å². The summed E-state index contributed by atoms with van der Waals surface area (Å²) in [6.45, 7) is 10.6. The largest absolute Gasteiger partial charge is 0.490 e. The van der Waals surface area contributed by atoms with E-state index in [1.54, 1.807) is 0 Å². The Bertz CT molecular complexity index is 487. The monoisotopic (exact) mass is 279 g/mol. The number of carbonyl (C=O) groups excluding carboxylic acids is 1. The highest BCUT2D eigenvalue weighted by Crippen LogP contribution is 2.35. The van der Waals surface area contributed by atoms with Crippen molar-refractivity contribution < 1.29 is 14.6 Å². The van der Waals surface area contributed by atoms with E-state index in [0.29, 0.717) is 11.3 Å². The molecular formula is C16H25NO3. The minimum absolute atomic E-state index is 0.0624. The molecule has 112 valence electrons. The molecule has 0 spiro atoms. The lowest BCUT2D eigenvalue weighted by Gasteiger charge is -2.26. The number of hydrogen-bond donors (Lipinski definition) is 2. The molecule has 0 fully saturated rings. The van der Waals surface area contributed by atoms with Crippen molar-refractivity contribution in [1.29, 1.82) is 0 Å². The molecule has 1 aromatic carbocycles. The number of aliphatic hydroxyl groups excluding tert-OH is 1. The van der Waals surface area contributed by atoms with Crippen molar-refractivity contribution in [2.45, 2.75) is 46.0 Å². The lowest BCUT2D eigenvalue weighted by molar-refractivity contribution is 0.0994. The molecule has 4 nitrogen and oxygen atoms in total. The van der Waals surface area contributed by atoms with Gasteiger partial charge < -0.3 is 15.6 Å². The summed E-state index contributed by atoms with van der Waals surface area (Å²) in [6.07, 6.45) is 0.